The Hall–Kier alpha value is -3.66. The van der Waals surface area contributed by atoms with Crippen LogP contribution >= 0.6 is 23.2 Å². The largest absolute Gasteiger partial charge is 0.493 e. The summed E-state index contributed by atoms with van der Waals surface area (Å²) < 4.78 is 16.5. The molecule has 2 fully saturated rings. The second-order valence-corrected chi connectivity index (χ2v) is 12.6. The Labute approximate surface area is 274 Å². The highest BCUT2D eigenvalue weighted by Gasteiger charge is 2.42. The predicted octanol–water partition coefficient (Wildman–Crippen LogP) is 6.28. The second kappa shape index (κ2) is 13.4. The smallest absolute Gasteiger partial charge is 0.254 e. The number of hydrogen-bond donors (Lipinski definition) is 1. The summed E-state index contributed by atoms with van der Waals surface area (Å²) in [4.78, 5) is 29.0. The predicted molar refractivity (Wildman–Crippen MR) is 179 cm³/mol. The molecule has 1 atom stereocenters. The molecular formula is C34H39Cl2N5O4. The van der Waals surface area contributed by atoms with E-state index in [9.17, 15) is 4.79 Å². The molecule has 3 aromatic carbocycles. The zero-order chi connectivity index (χ0) is 31.6. The standard InChI is InChI=1S/C34H39Cl2N5O4/c1-43-29-19-23(20-30(44-2)31(29)45-3)32(42)41-16-12-34(22-41,24-9-10-25(35)26(36)21-24)11-15-39-13-6-14-40(18-17-39)33-37-27-7-4-5-8-28(27)38-33/h4-5,7-10,19-21H,6,11-18,22H2,1-3H3,(H,37,38). The molecule has 0 radical (unpaired) electrons. The number of rotatable bonds is 9. The zero-order valence-electron chi connectivity index (χ0n) is 25.9. The van der Waals surface area contributed by atoms with Crippen LogP contribution in [0, 0.1) is 0 Å². The lowest BCUT2D eigenvalue weighted by Crippen LogP contribution is -2.39. The van der Waals surface area contributed by atoms with Crippen molar-refractivity contribution < 1.29 is 19.0 Å². The molecule has 1 N–H and O–H groups in total. The first-order chi connectivity index (χ1) is 21.8. The van der Waals surface area contributed by atoms with Crippen LogP contribution in [0.25, 0.3) is 11.0 Å². The maximum Gasteiger partial charge on any atom is 0.254 e. The summed E-state index contributed by atoms with van der Waals surface area (Å²) in [5, 5.41) is 1.05. The first-order valence-electron chi connectivity index (χ1n) is 15.3. The SMILES string of the molecule is COc1cc(C(=O)N2CCC(CCN3CCCN(c4nc5ccccc5[nH]4)CC3)(c3ccc(Cl)c(Cl)c3)C2)cc(OC)c1OC. The fraction of sp³-hybridized carbons (Fsp3) is 0.412. The molecule has 3 heterocycles. The maximum absolute atomic E-state index is 13.9. The molecule has 2 aliphatic rings. The van der Waals surface area contributed by atoms with Crippen LogP contribution in [0.1, 0.15) is 35.2 Å². The highest BCUT2D eigenvalue weighted by atomic mass is 35.5. The highest BCUT2D eigenvalue weighted by molar-refractivity contribution is 6.42. The van der Waals surface area contributed by atoms with Gasteiger partial charge in [0.15, 0.2) is 11.5 Å². The van der Waals surface area contributed by atoms with Crippen LogP contribution in [0.3, 0.4) is 0 Å². The molecule has 1 amide bonds. The third-order valence-corrected chi connectivity index (χ3v) is 10.00. The lowest BCUT2D eigenvalue weighted by molar-refractivity contribution is 0.0780. The van der Waals surface area contributed by atoms with Crippen LogP contribution in [-0.2, 0) is 5.41 Å². The number of para-hydroxylation sites is 2. The molecule has 6 rings (SSSR count). The van der Waals surface area contributed by atoms with Gasteiger partial charge in [0, 0.05) is 43.7 Å². The summed E-state index contributed by atoms with van der Waals surface area (Å²) in [6, 6.07) is 17.5. The molecule has 0 saturated carbocycles. The number of aromatic nitrogens is 2. The molecular weight excluding hydrogens is 613 g/mol. The van der Waals surface area contributed by atoms with Gasteiger partial charge in [-0.2, -0.15) is 0 Å². The number of ether oxygens (including phenoxy) is 3. The molecule has 45 heavy (non-hydrogen) atoms. The molecule has 4 aromatic rings. The molecule has 0 aliphatic carbocycles. The van der Waals surface area contributed by atoms with E-state index in [1.807, 2.05) is 35.2 Å². The van der Waals surface area contributed by atoms with Crippen LogP contribution in [0.5, 0.6) is 17.2 Å². The average molecular weight is 653 g/mol. The summed E-state index contributed by atoms with van der Waals surface area (Å²) in [7, 11) is 4.65. The van der Waals surface area contributed by atoms with Gasteiger partial charge < -0.3 is 33.9 Å². The van der Waals surface area contributed by atoms with Gasteiger partial charge >= 0.3 is 0 Å². The van der Waals surface area contributed by atoms with Gasteiger partial charge in [-0.3, -0.25) is 4.79 Å². The molecule has 2 aliphatic heterocycles. The summed E-state index contributed by atoms with van der Waals surface area (Å²) >= 11 is 12.9. The number of hydrogen-bond acceptors (Lipinski definition) is 7. The van der Waals surface area contributed by atoms with E-state index in [2.05, 4.69) is 26.9 Å². The van der Waals surface area contributed by atoms with Crippen molar-refractivity contribution in [2.45, 2.75) is 24.7 Å². The third-order valence-electron chi connectivity index (χ3n) is 9.26. The molecule has 9 nitrogen and oxygen atoms in total. The number of imidazole rings is 1. The van der Waals surface area contributed by atoms with Crippen LogP contribution in [0.2, 0.25) is 10.0 Å². The number of fused-ring (bicyclic) bond motifs is 1. The van der Waals surface area contributed by atoms with Crippen molar-refractivity contribution in [3.05, 3.63) is 75.8 Å². The van der Waals surface area contributed by atoms with Gasteiger partial charge in [-0.1, -0.05) is 41.4 Å². The Morgan fingerprint density at radius 3 is 2.40 bits per heavy atom. The lowest BCUT2D eigenvalue weighted by atomic mass is 9.76. The first-order valence-corrected chi connectivity index (χ1v) is 16.1. The van der Waals surface area contributed by atoms with E-state index < -0.39 is 0 Å². The van der Waals surface area contributed by atoms with Crippen molar-refractivity contribution >= 4 is 46.1 Å². The van der Waals surface area contributed by atoms with Crippen LogP contribution < -0.4 is 19.1 Å². The number of nitrogens with one attached hydrogen (secondary N) is 1. The number of amides is 1. The normalized spacial score (nSPS) is 19.1. The lowest BCUT2D eigenvalue weighted by Gasteiger charge is -2.33. The monoisotopic (exact) mass is 651 g/mol. The van der Waals surface area contributed by atoms with E-state index in [0.29, 0.717) is 45.9 Å². The average Bonchev–Trinajstić information content (AvgIpc) is 3.63. The Morgan fingerprint density at radius 1 is 0.911 bits per heavy atom. The topological polar surface area (TPSA) is 83.2 Å². The number of likely N-dealkylation sites (tertiary alicyclic amines) is 1. The molecule has 238 valence electrons. The number of H-pyrrole nitrogens is 1. The van der Waals surface area contributed by atoms with Crippen LogP contribution in [0.15, 0.2) is 54.6 Å². The molecule has 1 unspecified atom stereocenters. The maximum atomic E-state index is 13.9. The van der Waals surface area contributed by atoms with Gasteiger partial charge in [-0.05, 0) is 74.3 Å². The minimum Gasteiger partial charge on any atom is -0.493 e. The molecule has 11 heteroatoms. The van der Waals surface area contributed by atoms with Crippen LogP contribution in [0.4, 0.5) is 5.95 Å². The summed E-state index contributed by atoms with van der Waals surface area (Å²) in [5.74, 6) is 2.22. The van der Waals surface area contributed by atoms with Gasteiger partial charge in [0.2, 0.25) is 11.7 Å². The van der Waals surface area contributed by atoms with Crippen molar-refractivity contribution in [1.82, 2.24) is 19.8 Å². The number of nitrogens with zero attached hydrogens (tertiary/aromatic N) is 4. The number of halogens is 2. The minimum absolute atomic E-state index is 0.0764. The van der Waals surface area contributed by atoms with Gasteiger partial charge in [0.25, 0.3) is 5.91 Å². The summed E-state index contributed by atoms with van der Waals surface area (Å²) in [6.45, 7) is 5.87. The van der Waals surface area contributed by atoms with Gasteiger partial charge in [-0.15, -0.1) is 0 Å². The Kier molecular flexibility index (Phi) is 9.31. The Bertz CT molecular complexity index is 1620. The Morgan fingerprint density at radius 2 is 1.69 bits per heavy atom. The van der Waals surface area contributed by atoms with Crippen molar-refractivity contribution in [3.63, 3.8) is 0 Å². The fourth-order valence-electron chi connectivity index (χ4n) is 6.71. The highest BCUT2D eigenvalue weighted by Crippen LogP contribution is 2.42. The van der Waals surface area contributed by atoms with E-state index in [1.54, 1.807) is 33.5 Å². The second-order valence-electron chi connectivity index (χ2n) is 11.8. The van der Waals surface area contributed by atoms with E-state index in [-0.39, 0.29) is 11.3 Å². The van der Waals surface area contributed by atoms with E-state index in [0.717, 1.165) is 74.5 Å². The number of carbonyl (C=O) groups excluding carboxylic acids is 1. The summed E-state index contributed by atoms with van der Waals surface area (Å²) in [5.41, 5.74) is 3.38. The number of carbonyl (C=O) groups is 1. The number of methoxy groups -OCH3 is 3. The third kappa shape index (κ3) is 6.39. The Balaban J connectivity index is 1.19. The van der Waals surface area contributed by atoms with Gasteiger partial charge in [0.05, 0.1) is 42.4 Å². The molecule has 2 saturated heterocycles. The van der Waals surface area contributed by atoms with Gasteiger partial charge in [-0.25, -0.2) is 4.98 Å². The van der Waals surface area contributed by atoms with Gasteiger partial charge in [0.1, 0.15) is 0 Å². The zero-order valence-corrected chi connectivity index (χ0v) is 27.5. The minimum atomic E-state index is -0.269. The summed E-state index contributed by atoms with van der Waals surface area (Å²) in [6.07, 6.45) is 2.75. The van der Waals surface area contributed by atoms with E-state index in [1.165, 1.54) is 0 Å². The first kappa shape index (κ1) is 31.3. The fourth-order valence-corrected chi connectivity index (χ4v) is 7.01. The quantitative estimate of drug-likeness (QED) is 0.228. The number of anilines is 1. The van der Waals surface area contributed by atoms with E-state index >= 15 is 0 Å². The van der Waals surface area contributed by atoms with Crippen molar-refractivity contribution in [3.8, 4) is 17.2 Å². The van der Waals surface area contributed by atoms with Crippen molar-refractivity contribution in [1.29, 1.82) is 0 Å². The van der Waals surface area contributed by atoms with E-state index in [4.69, 9.17) is 42.4 Å². The molecule has 0 spiro atoms. The molecule has 0 bridgehead atoms. The van der Waals surface area contributed by atoms with Crippen molar-refractivity contribution in [2.24, 2.45) is 0 Å². The van der Waals surface area contributed by atoms with Crippen molar-refractivity contribution in [2.75, 3.05) is 72.0 Å². The number of aromatic amines is 1. The molecule has 1 aromatic heterocycles. The van der Waals surface area contributed by atoms with Crippen LogP contribution in [-0.4, -0.2) is 92.8 Å². The number of benzene rings is 3.